The van der Waals surface area contributed by atoms with Crippen molar-refractivity contribution < 1.29 is 24.2 Å². The smallest absolute Gasteiger partial charge is 0.313 e. The van der Waals surface area contributed by atoms with E-state index >= 15 is 0 Å². The van der Waals surface area contributed by atoms with E-state index in [1.54, 1.807) is 18.1 Å². The van der Waals surface area contributed by atoms with Crippen LogP contribution in [0.1, 0.15) is 16.9 Å². The van der Waals surface area contributed by atoms with E-state index in [2.05, 4.69) is 4.98 Å². The Labute approximate surface area is 139 Å². The zero-order valence-electron chi connectivity index (χ0n) is 13.7. The Hall–Kier alpha value is -2.54. The summed E-state index contributed by atoms with van der Waals surface area (Å²) in [5.74, 6) is -0.419. The lowest BCUT2D eigenvalue weighted by Crippen LogP contribution is -2.40. The molecule has 1 amide bonds. The van der Waals surface area contributed by atoms with Gasteiger partial charge >= 0.3 is 5.97 Å². The van der Waals surface area contributed by atoms with Crippen LogP contribution < -0.4 is 4.74 Å². The van der Waals surface area contributed by atoms with Crippen LogP contribution in [0.2, 0.25) is 0 Å². The lowest BCUT2D eigenvalue weighted by Gasteiger charge is -2.23. The van der Waals surface area contributed by atoms with Gasteiger partial charge in [0.25, 0.3) is 5.91 Å². The normalized spacial score (nSPS) is 20.5. The minimum absolute atomic E-state index is 0.0933. The van der Waals surface area contributed by atoms with E-state index in [0.717, 1.165) is 10.9 Å². The first kappa shape index (κ1) is 16.3. The number of methoxy groups -OCH3 is 2. The number of hydrogen-bond donors (Lipinski definition) is 2. The summed E-state index contributed by atoms with van der Waals surface area (Å²) in [5.41, 5.74) is 0.246. The second-order valence-corrected chi connectivity index (χ2v) is 6.13. The fourth-order valence-electron chi connectivity index (χ4n) is 3.20. The second-order valence-electron chi connectivity index (χ2n) is 6.13. The molecule has 3 rings (SSSR count). The molecule has 0 aliphatic carbocycles. The molecule has 7 nitrogen and oxygen atoms in total. The quantitative estimate of drug-likeness (QED) is 0.870. The molecule has 1 aromatic heterocycles. The number of ether oxygens (including phenoxy) is 2. The van der Waals surface area contributed by atoms with Crippen molar-refractivity contribution in [2.45, 2.75) is 6.42 Å². The molecule has 0 spiro atoms. The number of likely N-dealkylation sites (tertiary alicyclic amines) is 1. The Kier molecular flexibility index (Phi) is 4.19. The monoisotopic (exact) mass is 332 g/mol. The van der Waals surface area contributed by atoms with Gasteiger partial charge in [-0.1, -0.05) is 0 Å². The highest BCUT2D eigenvalue weighted by Gasteiger charge is 2.46. The van der Waals surface area contributed by atoms with Crippen molar-refractivity contribution in [1.82, 2.24) is 9.88 Å². The first-order valence-electron chi connectivity index (χ1n) is 7.67. The first-order chi connectivity index (χ1) is 11.5. The summed E-state index contributed by atoms with van der Waals surface area (Å²) in [6.07, 6.45) is 0.385. The van der Waals surface area contributed by atoms with Crippen molar-refractivity contribution in [2.24, 2.45) is 5.41 Å². The fourth-order valence-corrected chi connectivity index (χ4v) is 3.20. The van der Waals surface area contributed by atoms with Gasteiger partial charge in [0.05, 0.1) is 13.7 Å². The summed E-state index contributed by atoms with van der Waals surface area (Å²) in [5, 5.41) is 10.4. The lowest BCUT2D eigenvalue weighted by molar-refractivity contribution is -0.151. The predicted molar refractivity (Wildman–Crippen MR) is 87.3 cm³/mol. The number of benzene rings is 1. The van der Waals surface area contributed by atoms with Gasteiger partial charge in [0.1, 0.15) is 16.9 Å². The third-order valence-electron chi connectivity index (χ3n) is 4.57. The van der Waals surface area contributed by atoms with Gasteiger partial charge in [0, 0.05) is 31.1 Å². The van der Waals surface area contributed by atoms with E-state index in [0.29, 0.717) is 24.4 Å². The number of H-pyrrole nitrogens is 1. The number of carbonyl (C=O) groups excluding carboxylic acids is 1. The average Bonchev–Trinajstić information content (AvgIpc) is 3.18. The highest BCUT2D eigenvalue weighted by Crippen LogP contribution is 2.32. The molecule has 2 N–H and O–H groups in total. The molecular formula is C17H20N2O5. The molecule has 1 unspecified atom stereocenters. The van der Waals surface area contributed by atoms with Crippen LogP contribution in [0.15, 0.2) is 24.3 Å². The molecule has 1 atom stereocenters. The summed E-state index contributed by atoms with van der Waals surface area (Å²) in [6.45, 7) is 0.636. The second kappa shape index (κ2) is 6.16. The number of rotatable bonds is 5. The van der Waals surface area contributed by atoms with Gasteiger partial charge in [0.2, 0.25) is 0 Å². The number of hydrogen-bond acceptors (Lipinski definition) is 4. The van der Waals surface area contributed by atoms with Crippen LogP contribution in [-0.2, 0) is 9.53 Å². The van der Waals surface area contributed by atoms with Crippen molar-refractivity contribution in [2.75, 3.05) is 33.9 Å². The maximum Gasteiger partial charge on any atom is 0.313 e. The largest absolute Gasteiger partial charge is 0.497 e. The molecule has 1 saturated heterocycles. The van der Waals surface area contributed by atoms with Crippen LogP contribution in [0.3, 0.4) is 0 Å². The maximum absolute atomic E-state index is 12.7. The van der Waals surface area contributed by atoms with E-state index in [1.165, 1.54) is 7.11 Å². The van der Waals surface area contributed by atoms with Crippen LogP contribution in [0.25, 0.3) is 10.9 Å². The van der Waals surface area contributed by atoms with E-state index < -0.39 is 11.4 Å². The van der Waals surface area contributed by atoms with Crippen LogP contribution in [0.4, 0.5) is 0 Å². The zero-order valence-corrected chi connectivity index (χ0v) is 13.7. The van der Waals surface area contributed by atoms with Crippen LogP contribution in [-0.4, -0.2) is 60.8 Å². The predicted octanol–water partition coefficient (Wildman–Crippen LogP) is 1.74. The maximum atomic E-state index is 12.7. The van der Waals surface area contributed by atoms with Gasteiger partial charge in [0.15, 0.2) is 0 Å². The third-order valence-corrected chi connectivity index (χ3v) is 4.57. The molecule has 2 heterocycles. The molecule has 1 aliphatic rings. The van der Waals surface area contributed by atoms with E-state index in [-0.39, 0.29) is 19.1 Å². The van der Waals surface area contributed by atoms with Gasteiger partial charge in [-0.05, 0) is 30.7 Å². The Bertz CT molecular complexity index is 784. The van der Waals surface area contributed by atoms with Gasteiger partial charge in [-0.3, -0.25) is 9.59 Å². The fraction of sp³-hybridized carbons (Fsp3) is 0.412. The number of carboxylic acid groups (broad SMARTS) is 1. The summed E-state index contributed by atoms with van der Waals surface area (Å²) < 4.78 is 10.2. The number of carbonyl (C=O) groups is 2. The third kappa shape index (κ3) is 2.71. The van der Waals surface area contributed by atoms with Crippen LogP contribution in [0.5, 0.6) is 5.75 Å². The van der Waals surface area contributed by atoms with Crippen molar-refractivity contribution >= 4 is 22.8 Å². The molecule has 2 aromatic rings. The van der Waals surface area contributed by atoms with Crippen LogP contribution >= 0.6 is 0 Å². The molecule has 1 fully saturated rings. The summed E-state index contributed by atoms with van der Waals surface area (Å²) in [4.78, 5) is 29.0. The standard InChI is InChI=1S/C17H20N2O5/c1-23-10-17(16(21)22)5-6-19(9-17)15(20)14-8-11-7-12(24-2)3-4-13(11)18-14/h3-4,7-8,18H,5-6,9-10H2,1-2H3,(H,21,22). The minimum atomic E-state index is -1.03. The molecule has 0 bridgehead atoms. The van der Waals surface area contributed by atoms with E-state index in [9.17, 15) is 14.7 Å². The number of aromatic amines is 1. The summed E-state index contributed by atoms with van der Waals surface area (Å²) in [6, 6.07) is 7.27. The molecule has 0 saturated carbocycles. The van der Waals surface area contributed by atoms with Gasteiger partial charge in [-0.25, -0.2) is 0 Å². The van der Waals surface area contributed by atoms with Crippen LogP contribution in [0, 0.1) is 5.41 Å². The van der Waals surface area contributed by atoms with E-state index in [4.69, 9.17) is 9.47 Å². The molecule has 1 aromatic carbocycles. The highest BCUT2D eigenvalue weighted by atomic mass is 16.5. The molecule has 24 heavy (non-hydrogen) atoms. The Morgan fingerprint density at radius 2 is 2.12 bits per heavy atom. The number of nitrogens with one attached hydrogen (secondary N) is 1. The molecule has 7 heteroatoms. The Morgan fingerprint density at radius 3 is 2.79 bits per heavy atom. The summed E-state index contributed by atoms with van der Waals surface area (Å²) in [7, 11) is 3.06. The van der Waals surface area contributed by atoms with Crippen molar-refractivity contribution in [3.63, 3.8) is 0 Å². The van der Waals surface area contributed by atoms with Gasteiger partial charge in [-0.15, -0.1) is 0 Å². The molecule has 1 aliphatic heterocycles. The molecular weight excluding hydrogens is 312 g/mol. The summed E-state index contributed by atoms with van der Waals surface area (Å²) >= 11 is 0. The number of amides is 1. The number of fused-ring (bicyclic) bond motifs is 1. The average molecular weight is 332 g/mol. The topological polar surface area (TPSA) is 91.9 Å². The zero-order chi connectivity index (χ0) is 17.3. The minimum Gasteiger partial charge on any atom is -0.497 e. The first-order valence-corrected chi connectivity index (χ1v) is 7.67. The molecule has 0 radical (unpaired) electrons. The van der Waals surface area contributed by atoms with Gasteiger partial charge < -0.3 is 24.5 Å². The number of aliphatic carboxylic acids is 1. The number of carboxylic acids is 1. The number of nitrogens with zero attached hydrogens (tertiary/aromatic N) is 1. The number of aromatic nitrogens is 1. The van der Waals surface area contributed by atoms with Crippen molar-refractivity contribution in [3.8, 4) is 5.75 Å². The Morgan fingerprint density at radius 1 is 1.33 bits per heavy atom. The van der Waals surface area contributed by atoms with Crippen molar-refractivity contribution in [1.29, 1.82) is 0 Å². The van der Waals surface area contributed by atoms with Gasteiger partial charge in [-0.2, -0.15) is 0 Å². The van der Waals surface area contributed by atoms with Crippen molar-refractivity contribution in [3.05, 3.63) is 30.0 Å². The molecule has 128 valence electrons. The van der Waals surface area contributed by atoms with E-state index in [1.807, 2.05) is 18.2 Å². The SMILES string of the molecule is COCC1(C(=O)O)CCN(C(=O)c2cc3cc(OC)ccc3[nH]2)C1. The lowest BCUT2D eigenvalue weighted by atomic mass is 9.88. The highest BCUT2D eigenvalue weighted by molar-refractivity contribution is 5.98. The Balaban J connectivity index is 1.83.